The average Bonchev–Trinajstić information content (AvgIpc) is 0.921. The number of aliphatic carboxylic acids is 1. The molecule has 7 heterocycles. The second-order valence-corrected chi connectivity index (χ2v) is 26.5. The van der Waals surface area contributed by atoms with Gasteiger partial charge in [-0.15, -0.1) is 11.8 Å². The molecule has 0 aliphatic carbocycles. The largest absolute Gasteiger partial charge is 0.477 e. The highest BCUT2D eigenvalue weighted by molar-refractivity contribution is 8.00. The van der Waals surface area contributed by atoms with Gasteiger partial charge in [-0.05, 0) is 24.7 Å². The van der Waals surface area contributed by atoms with Crippen molar-refractivity contribution in [2.24, 2.45) is 5.92 Å². The van der Waals surface area contributed by atoms with Crippen LogP contribution in [0.25, 0.3) is 0 Å². The van der Waals surface area contributed by atoms with E-state index in [0.717, 1.165) is 43.0 Å². The Balaban J connectivity index is 0.807. The van der Waals surface area contributed by atoms with Gasteiger partial charge in [0.1, 0.15) is 85.1 Å². The molecule has 5 amide bonds. The summed E-state index contributed by atoms with van der Waals surface area (Å²) in [6.07, 6.45) is -44.3. The molecule has 47 heteroatoms. The molecule has 19 N–H and O–H groups in total. The van der Waals surface area contributed by atoms with Crippen LogP contribution in [-0.4, -0.2) is 339 Å². The number of amides is 5. The summed E-state index contributed by atoms with van der Waals surface area (Å²) in [5.41, 5.74) is 4.37. The van der Waals surface area contributed by atoms with Crippen molar-refractivity contribution in [2.45, 2.75) is 204 Å². The van der Waals surface area contributed by atoms with Crippen LogP contribution in [0.2, 0.25) is 0 Å². The lowest BCUT2D eigenvalue weighted by Crippen LogP contribution is -2.69. The zero-order valence-electron chi connectivity index (χ0n) is 54.0. The van der Waals surface area contributed by atoms with E-state index < -0.39 is 253 Å². The molecule has 6 saturated heterocycles. The van der Waals surface area contributed by atoms with E-state index in [4.69, 9.17) is 66.9 Å². The molecule has 6 aliphatic heterocycles. The number of nitrogens with one attached hydrogen (secondary N) is 3. The van der Waals surface area contributed by atoms with Crippen LogP contribution in [0.1, 0.15) is 58.1 Å². The molecule has 0 saturated carbocycles. The van der Waals surface area contributed by atoms with E-state index in [-0.39, 0.29) is 69.7 Å². The molecule has 0 radical (unpaired) electrons. The van der Waals surface area contributed by atoms with Crippen LogP contribution in [-0.2, 0) is 109 Å². The standard InChI is InChI=1S/C55H82N7O38PS/c1-21(67)59-32-34(75)42(93-49-39(80)35(76)43(88-2)51(97-49)90-19-65)26(18-64)92-47(32)94-44-36(77)38(79)48(96-52(44)91-20-66)89-11-8-57-29(71)5-3-9-61-31(73)14-27(45(61)82)102-12-4-6-30(72)58-16-22(68)13-23-24(69)15-55(53(83)84,98-41(23)33(74)25(70)17-63)100-101(86,87)99-50-40(81)37(78)46(95-50)62-10-7-28(56)60-54(62)85/h7,10,19-20,23-27,32-44,46-52,63-64,69-70,74-81H,3-6,8-9,11-18H2,1-2H3,(H,57,71)(H,58,72)(H,59,67)(H,83,84)(H,86,87)(H2,56,60,85)/t23-,24-,25-,26?,27?,32?,33-,34-,35-,36-,37?,38?,39?,40-,41?,42-,43+,44+,46-,47-,48-,49-,50-,51?,52?,55-/m1/s1. The van der Waals surface area contributed by atoms with Crippen LogP contribution in [0.3, 0.4) is 0 Å². The van der Waals surface area contributed by atoms with Crippen molar-refractivity contribution in [3.63, 3.8) is 0 Å². The normalized spacial score (nSPS) is 36.1. The number of hydrogen-bond acceptors (Lipinski definition) is 39. The quantitative estimate of drug-likeness (QED) is 0.0127. The number of carbonyl (C=O) groups is 9. The maximum atomic E-state index is 13.4. The number of carboxylic acids is 1. The van der Waals surface area contributed by atoms with Gasteiger partial charge in [0.25, 0.3) is 18.7 Å². The number of carboxylic acid groups (broad SMARTS) is 1. The average molecular weight is 1510 g/mol. The number of nitrogens with zero attached hydrogens (tertiary/aromatic N) is 3. The lowest BCUT2D eigenvalue weighted by atomic mass is 9.80. The number of phosphoric ester groups is 1. The first-order chi connectivity index (χ1) is 48.2. The van der Waals surface area contributed by atoms with Gasteiger partial charge >= 0.3 is 19.5 Å². The Morgan fingerprint density at radius 2 is 1.44 bits per heavy atom. The number of likely N-dealkylation sites (tertiary alicyclic amines) is 1. The topological polar surface area (TPSA) is 674 Å². The number of methoxy groups -OCH3 is 1. The maximum absolute atomic E-state index is 13.4. The molecular formula is C55H82N7O38PS. The monoisotopic (exact) mass is 1510 g/mol. The summed E-state index contributed by atoms with van der Waals surface area (Å²) in [5, 5.41) is 145. The zero-order chi connectivity index (χ0) is 75.2. The number of ether oxygens (including phenoxy) is 11. The molecular weight excluding hydrogens is 1430 g/mol. The fraction of sp³-hybridized carbons (Fsp3) is 0.764. The summed E-state index contributed by atoms with van der Waals surface area (Å²) in [6.45, 7) is -2.84. The fourth-order valence-electron chi connectivity index (χ4n) is 11.6. The van der Waals surface area contributed by atoms with Crippen molar-refractivity contribution in [2.75, 3.05) is 58.1 Å². The third kappa shape index (κ3) is 20.5. The fourth-order valence-corrected chi connectivity index (χ4v) is 13.8. The van der Waals surface area contributed by atoms with Gasteiger partial charge in [-0.25, -0.2) is 18.7 Å². The van der Waals surface area contributed by atoms with Crippen LogP contribution >= 0.6 is 19.6 Å². The number of aliphatic hydroxyl groups is 12. The Bertz CT molecular complexity index is 3170. The van der Waals surface area contributed by atoms with Crippen LogP contribution in [0.5, 0.6) is 0 Å². The van der Waals surface area contributed by atoms with E-state index in [9.17, 15) is 124 Å². The van der Waals surface area contributed by atoms with Crippen molar-refractivity contribution < 1.29 is 180 Å². The van der Waals surface area contributed by atoms with Crippen LogP contribution in [0.4, 0.5) is 5.82 Å². The first-order valence-electron chi connectivity index (χ1n) is 31.3. The number of nitrogen functional groups attached to an aromatic ring is 1. The molecule has 6 aliphatic rings. The smallest absolute Gasteiger partial charge is 0.477 e. The SMILES string of the molecule is CO[C@@H]1C(OC=O)O[C@@H](O[C@@H]2C(CO)O[C@H](O[C@@H]3C(OC=O)O[C@@H](OCCNC(=O)CCCN4C(=O)CC(SCCCC(=O)NCC(=O)C[C@H]5C([C@H](O)[C@H](O)CO)O[C@](OP(=O)(O)O[C@H]6O[C@@H](n7ccc(N)nc7=O)C(O)[C@H]6O)(C(=O)O)C[C@H]5O)C4=O)C(O)[C@H]3O)C(NC(C)=O)[C@H]2O)C(O)[C@H]1O. The van der Waals surface area contributed by atoms with E-state index >= 15 is 0 Å². The highest BCUT2D eigenvalue weighted by atomic mass is 32.2. The van der Waals surface area contributed by atoms with Crippen molar-refractivity contribution >= 4 is 79.6 Å². The summed E-state index contributed by atoms with van der Waals surface area (Å²) in [6, 6.07) is -0.577. The number of thioether (sulfide) groups is 1. The number of rotatable bonds is 37. The molecule has 6 fully saturated rings. The summed E-state index contributed by atoms with van der Waals surface area (Å²) in [7, 11) is -4.80. The third-order valence-electron chi connectivity index (χ3n) is 16.8. The van der Waals surface area contributed by atoms with Gasteiger partial charge in [0.05, 0.1) is 43.8 Å². The Labute approximate surface area is 579 Å². The second-order valence-electron chi connectivity index (χ2n) is 23.8. The minimum absolute atomic E-state index is 0.00357. The predicted molar refractivity (Wildman–Crippen MR) is 322 cm³/mol. The van der Waals surface area contributed by atoms with Gasteiger partial charge in [-0.3, -0.25) is 52.3 Å². The Kier molecular flexibility index (Phi) is 30.4. The van der Waals surface area contributed by atoms with Crippen molar-refractivity contribution in [1.82, 2.24) is 30.4 Å². The number of Topliss-reactive ketones (excluding diaryl/α,β-unsaturated/α-hetero) is 1. The maximum Gasteiger partial charge on any atom is 0.477 e. The lowest BCUT2D eigenvalue weighted by molar-refractivity contribution is -0.389. The van der Waals surface area contributed by atoms with E-state index in [0.29, 0.717) is 4.57 Å². The highest BCUT2D eigenvalue weighted by Gasteiger charge is 2.61. The third-order valence-corrected chi connectivity index (χ3v) is 19.0. The molecule has 0 bridgehead atoms. The zero-order valence-corrected chi connectivity index (χ0v) is 55.7. The number of anilines is 1. The van der Waals surface area contributed by atoms with Crippen molar-refractivity contribution in [3.8, 4) is 0 Å². The molecule has 0 spiro atoms. The molecule has 27 atom stereocenters. The Morgan fingerprint density at radius 3 is 2.08 bits per heavy atom. The minimum atomic E-state index is -5.92. The van der Waals surface area contributed by atoms with Gasteiger partial charge in [0, 0.05) is 71.3 Å². The molecule has 1 aromatic rings. The molecule has 7 rings (SSSR count). The Hall–Kier alpha value is -6.07. The number of aromatic nitrogens is 2. The number of carbonyl (C=O) groups excluding carboxylic acids is 8. The summed E-state index contributed by atoms with van der Waals surface area (Å²) < 4.78 is 83.1. The molecule has 1 aromatic heterocycles. The van der Waals surface area contributed by atoms with E-state index in [1.54, 1.807) is 0 Å². The first kappa shape index (κ1) is 83.2. The van der Waals surface area contributed by atoms with E-state index in [1.165, 1.54) is 0 Å². The minimum Gasteiger partial charge on any atom is -0.477 e. The number of imide groups is 1. The predicted octanol–water partition coefficient (Wildman–Crippen LogP) is -11.1. The van der Waals surface area contributed by atoms with Gasteiger partial charge in [-0.1, -0.05) is 0 Å². The van der Waals surface area contributed by atoms with Crippen molar-refractivity contribution in [3.05, 3.63) is 22.7 Å². The van der Waals surface area contributed by atoms with E-state index in [1.807, 2.05) is 0 Å². The molecule has 10 unspecified atom stereocenters. The number of hydrogen-bond donors (Lipinski definition) is 18. The molecule has 0 aromatic carbocycles. The summed E-state index contributed by atoms with van der Waals surface area (Å²) in [5.74, 6) is -11.5. The van der Waals surface area contributed by atoms with Crippen molar-refractivity contribution in [1.29, 1.82) is 0 Å². The summed E-state index contributed by atoms with van der Waals surface area (Å²) in [4.78, 5) is 140. The first-order valence-corrected chi connectivity index (χ1v) is 33.8. The number of phosphoric acid groups is 1. The van der Waals surface area contributed by atoms with E-state index in [2.05, 4.69) is 20.9 Å². The van der Waals surface area contributed by atoms with Gasteiger partial charge in [-0.2, -0.15) is 4.98 Å². The number of nitrogens with two attached hydrogens (primary N) is 1. The second kappa shape index (κ2) is 37.3. The van der Waals surface area contributed by atoms with Crippen LogP contribution in [0, 0.1) is 5.92 Å². The lowest BCUT2D eigenvalue weighted by Gasteiger charge is -2.49. The Morgan fingerprint density at radius 1 is 0.814 bits per heavy atom. The number of ketones is 1. The van der Waals surface area contributed by atoms with Gasteiger partial charge < -0.3 is 145 Å². The van der Waals surface area contributed by atoms with Crippen LogP contribution in [0.15, 0.2) is 17.1 Å². The van der Waals surface area contributed by atoms with Gasteiger partial charge in [0.15, 0.2) is 43.3 Å². The molecule has 102 heavy (non-hydrogen) atoms. The summed E-state index contributed by atoms with van der Waals surface area (Å²) >= 11 is 1.06. The van der Waals surface area contributed by atoms with Gasteiger partial charge in [0.2, 0.25) is 42.1 Å². The molecule has 576 valence electrons. The number of aliphatic hydroxyl groups excluding tert-OH is 12. The highest BCUT2D eigenvalue weighted by Crippen LogP contribution is 2.54. The van der Waals surface area contributed by atoms with Crippen LogP contribution < -0.4 is 27.4 Å². The molecule has 45 nitrogen and oxygen atoms in total.